The molecular formula is C17H13N3O2S. The van der Waals surface area contributed by atoms with Gasteiger partial charge in [0.15, 0.2) is 0 Å². The average Bonchev–Trinajstić information content (AvgIpc) is 2.96. The summed E-state index contributed by atoms with van der Waals surface area (Å²) in [5.41, 5.74) is 1.94. The lowest BCUT2D eigenvalue weighted by Gasteiger charge is -2.06. The van der Waals surface area contributed by atoms with Crippen LogP contribution in [0, 0.1) is 6.92 Å². The van der Waals surface area contributed by atoms with Crippen LogP contribution in [0.3, 0.4) is 0 Å². The molecule has 5 nitrogen and oxygen atoms in total. The van der Waals surface area contributed by atoms with Gasteiger partial charge in [0.25, 0.3) is 5.56 Å². The number of methoxy groups -OCH3 is 1. The van der Waals surface area contributed by atoms with E-state index in [4.69, 9.17) is 4.74 Å². The fourth-order valence-corrected chi connectivity index (χ4v) is 3.69. The second kappa shape index (κ2) is 5.17. The van der Waals surface area contributed by atoms with Crippen molar-refractivity contribution in [3.63, 3.8) is 0 Å². The van der Waals surface area contributed by atoms with Gasteiger partial charge in [-0.3, -0.25) is 9.36 Å². The van der Waals surface area contributed by atoms with E-state index in [9.17, 15) is 4.79 Å². The molecule has 6 heteroatoms. The molecule has 0 aliphatic rings. The van der Waals surface area contributed by atoms with Crippen molar-refractivity contribution in [2.24, 2.45) is 0 Å². The number of aryl methyl sites for hydroxylation is 1. The van der Waals surface area contributed by atoms with Crippen molar-refractivity contribution in [2.45, 2.75) is 6.92 Å². The van der Waals surface area contributed by atoms with E-state index in [1.807, 2.05) is 37.3 Å². The maximum Gasteiger partial charge on any atom is 0.273 e. The largest absolute Gasteiger partial charge is 0.480 e. The van der Waals surface area contributed by atoms with Gasteiger partial charge in [-0.1, -0.05) is 17.7 Å². The first-order valence-electron chi connectivity index (χ1n) is 7.09. The Morgan fingerprint density at radius 1 is 1.13 bits per heavy atom. The van der Waals surface area contributed by atoms with E-state index in [2.05, 4.69) is 9.97 Å². The molecule has 0 unspecified atom stereocenters. The van der Waals surface area contributed by atoms with Crippen molar-refractivity contribution in [1.82, 2.24) is 14.5 Å². The molecule has 0 saturated carbocycles. The van der Waals surface area contributed by atoms with Gasteiger partial charge in [0.05, 0.1) is 12.5 Å². The average molecular weight is 323 g/mol. The van der Waals surface area contributed by atoms with Gasteiger partial charge in [-0.25, -0.2) is 9.97 Å². The highest BCUT2D eigenvalue weighted by molar-refractivity contribution is 7.25. The molecule has 0 spiro atoms. The van der Waals surface area contributed by atoms with E-state index in [0.717, 1.165) is 26.9 Å². The number of pyridine rings is 1. The quantitative estimate of drug-likeness (QED) is 0.568. The third-order valence-electron chi connectivity index (χ3n) is 3.80. The number of nitrogens with zero attached hydrogens (tertiary/aromatic N) is 3. The van der Waals surface area contributed by atoms with Gasteiger partial charge in [0.1, 0.15) is 15.9 Å². The second-order valence-corrected chi connectivity index (χ2v) is 6.23. The summed E-state index contributed by atoms with van der Waals surface area (Å²) >= 11 is 1.37. The molecular weight excluding hydrogens is 310 g/mol. The van der Waals surface area contributed by atoms with Crippen molar-refractivity contribution in [2.75, 3.05) is 7.11 Å². The van der Waals surface area contributed by atoms with Crippen molar-refractivity contribution in [1.29, 1.82) is 0 Å². The van der Waals surface area contributed by atoms with E-state index in [1.54, 1.807) is 17.9 Å². The smallest absolute Gasteiger partial charge is 0.273 e. The fraction of sp³-hybridized carbons (Fsp3) is 0.118. The first-order valence-corrected chi connectivity index (χ1v) is 7.90. The Morgan fingerprint density at radius 3 is 2.65 bits per heavy atom. The van der Waals surface area contributed by atoms with Crippen LogP contribution in [-0.4, -0.2) is 21.6 Å². The molecule has 0 amide bonds. The zero-order chi connectivity index (χ0) is 16.0. The second-order valence-electron chi connectivity index (χ2n) is 5.23. The molecule has 0 radical (unpaired) electrons. The van der Waals surface area contributed by atoms with Crippen molar-refractivity contribution in [3.8, 4) is 11.6 Å². The van der Waals surface area contributed by atoms with Gasteiger partial charge in [-0.05, 0) is 25.1 Å². The predicted molar refractivity (Wildman–Crippen MR) is 91.8 cm³/mol. The van der Waals surface area contributed by atoms with E-state index in [1.165, 1.54) is 17.7 Å². The normalized spacial score (nSPS) is 11.2. The lowest BCUT2D eigenvalue weighted by atomic mass is 10.2. The zero-order valence-electron chi connectivity index (χ0n) is 12.6. The Morgan fingerprint density at radius 2 is 1.91 bits per heavy atom. The number of fused-ring (bicyclic) bond motifs is 3. The summed E-state index contributed by atoms with van der Waals surface area (Å²) in [4.78, 5) is 22.0. The Balaban J connectivity index is 2.04. The molecule has 23 heavy (non-hydrogen) atoms. The number of hydrogen-bond acceptors (Lipinski definition) is 5. The monoisotopic (exact) mass is 323 g/mol. The zero-order valence-corrected chi connectivity index (χ0v) is 13.4. The summed E-state index contributed by atoms with van der Waals surface area (Å²) in [5.74, 6) is 0.494. The topological polar surface area (TPSA) is 57.0 Å². The van der Waals surface area contributed by atoms with Gasteiger partial charge >= 0.3 is 0 Å². The summed E-state index contributed by atoms with van der Waals surface area (Å²) < 4.78 is 7.61. The summed E-state index contributed by atoms with van der Waals surface area (Å²) in [5, 5.41) is 1.62. The van der Waals surface area contributed by atoms with Gasteiger partial charge in [0, 0.05) is 17.3 Å². The van der Waals surface area contributed by atoms with Gasteiger partial charge in [0.2, 0.25) is 5.88 Å². The van der Waals surface area contributed by atoms with Crippen LogP contribution in [-0.2, 0) is 0 Å². The van der Waals surface area contributed by atoms with Crippen LogP contribution < -0.4 is 10.3 Å². The molecule has 4 rings (SSSR count). The van der Waals surface area contributed by atoms with Crippen LogP contribution in [0.4, 0.5) is 0 Å². The van der Waals surface area contributed by atoms with Gasteiger partial charge in [-0.15, -0.1) is 11.3 Å². The lowest BCUT2D eigenvalue weighted by molar-refractivity contribution is 0.403. The van der Waals surface area contributed by atoms with Crippen molar-refractivity contribution < 1.29 is 4.74 Å². The first kappa shape index (κ1) is 13.9. The molecule has 0 N–H and O–H groups in total. The van der Waals surface area contributed by atoms with Crippen LogP contribution in [0.1, 0.15) is 5.56 Å². The number of ether oxygens (including phenoxy) is 1. The Kier molecular flexibility index (Phi) is 3.12. The van der Waals surface area contributed by atoms with Crippen LogP contribution >= 0.6 is 11.3 Å². The van der Waals surface area contributed by atoms with E-state index >= 15 is 0 Å². The summed E-state index contributed by atoms with van der Waals surface area (Å²) in [6.45, 7) is 2.02. The van der Waals surface area contributed by atoms with Crippen LogP contribution in [0.2, 0.25) is 0 Å². The number of aromatic nitrogens is 3. The SMILES string of the molecule is COc1ncnc2sc3c(=O)n(-c4ccc(C)cc4)ccc3c12. The van der Waals surface area contributed by atoms with Gasteiger partial charge in [-0.2, -0.15) is 0 Å². The molecule has 1 aromatic carbocycles. The third-order valence-corrected chi connectivity index (χ3v) is 4.90. The van der Waals surface area contributed by atoms with Gasteiger partial charge < -0.3 is 4.74 Å². The van der Waals surface area contributed by atoms with Crippen LogP contribution in [0.5, 0.6) is 5.88 Å². The first-order chi connectivity index (χ1) is 11.2. The van der Waals surface area contributed by atoms with Crippen LogP contribution in [0.25, 0.3) is 26.0 Å². The number of benzene rings is 1. The lowest BCUT2D eigenvalue weighted by Crippen LogP contribution is -2.16. The van der Waals surface area contributed by atoms with Crippen molar-refractivity contribution >= 4 is 31.6 Å². The molecule has 0 aliphatic carbocycles. The minimum Gasteiger partial charge on any atom is -0.480 e. The molecule has 0 bridgehead atoms. The molecule has 3 heterocycles. The van der Waals surface area contributed by atoms with Crippen molar-refractivity contribution in [3.05, 3.63) is 58.8 Å². The molecule has 3 aromatic heterocycles. The maximum absolute atomic E-state index is 12.9. The Bertz CT molecular complexity index is 1080. The molecule has 0 saturated heterocycles. The Hall–Kier alpha value is -2.73. The minimum atomic E-state index is -0.0589. The highest BCUT2D eigenvalue weighted by Gasteiger charge is 2.15. The molecule has 114 valence electrons. The summed E-state index contributed by atoms with van der Waals surface area (Å²) in [6.07, 6.45) is 3.24. The molecule has 0 fully saturated rings. The summed E-state index contributed by atoms with van der Waals surface area (Å²) in [7, 11) is 1.57. The minimum absolute atomic E-state index is 0.0589. The van der Waals surface area contributed by atoms with E-state index in [-0.39, 0.29) is 5.56 Å². The molecule has 4 aromatic rings. The number of rotatable bonds is 2. The predicted octanol–water partition coefficient (Wildman–Crippen LogP) is 3.31. The number of thiophene rings is 1. The standard InChI is InChI=1S/C17H13N3O2S/c1-10-3-5-11(6-4-10)20-8-7-12-13-15(22-2)18-9-19-16(13)23-14(12)17(20)21/h3-9H,1-2H3. The third kappa shape index (κ3) is 2.10. The fourth-order valence-electron chi connectivity index (χ4n) is 2.63. The number of hydrogen-bond donors (Lipinski definition) is 0. The molecule has 0 aliphatic heterocycles. The maximum atomic E-state index is 12.9. The van der Waals surface area contributed by atoms with Crippen LogP contribution in [0.15, 0.2) is 47.7 Å². The highest BCUT2D eigenvalue weighted by Crippen LogP contribution is 2.35. The Labute approximate surface area is 135 Å². The highest BCUT2D eigenvalue weighted by atomic mass is 32.1. The molecule has 0 atom stereocenters. The van der Waals surface area contributed by atoms with E-state index < -0.39 is 0 Å². The summed E-state index contributed by atoms with van der Waals surface area (Å²) in [6, 6.07) is 9.78. The van der Waals surface area contributed by atoms with E-state index in [0.29, 0.717) is 10.6 Å².